The van der Waals surface area contributed by atoms with E-state index in [-0.39, 0.29) is 29.8 Å². The Morgan fingerprint density at radius 2 is 2.20 bits per heavy atom. The monoisotopic (exact) mass is 301 g/mol. The molecule has 0 atom stereocenters. The zero-order chi connectivity index (χ0) is 14.9. The molecule has 1 heterocycles. The van der Waals surface area contributed by atoms with E-state index < -0.39 is 15.9 Å². The summed E-state index contributed by atoms with van der Waals surface area (Å²) in [5, 5.41) is 9.08. The highest BCUT2D eigenvalue weighted by molar-refractivity contribution is 7.89. The molecule has 1 saturated carbocycles. The van der Waals surface area contributed by atoms with Gasteiger partial charge < -0.3 is 15.4 Å². The normalized spacial score (nSPS) is 16.4. The second-order valence-electron chi connectivity index (χ2n) is 4.96. The Kier molecular flexibility index (Phi) is 4.17. The maximum Gasteiger partial charge on any atom is 0.265 e. The van der Waals surface area contributed by atoms with Crippen LogP contribution in [0.3, 0.4) is 0 Å². The van der Waals surface area contributed by atoms with Crippen molar-refractivity contribution in [3.63, 3.8) is 0 Å². The number of hydrogen-bond acceptors (Lipinski definition) is 4. The standard InChI is InChI=1S/C12H19N3O4S/c1-14-8-10(7-11(14)12(13)17)20(18,19)15(5-6-16)9-3-2-4-9/h7-9,16H,2-6H2,1H3,(H2,13,17). The van der Waals surface area contributed by atoms with Gasteiger partial charge in [-0.15, -0.1) is 0 Å². The molecule has 0 bridgehead atoms. The Morgan fingerprint density at radius 1 is 1.55 bits per heavy atom. The smallest absolute Gasteiger partial charge is 0.265 e. The van der Waals surface area contributed by atoms with Crippen molar-refractivity contribution < 1.29 is 18.3 Å². The van der Waals surface area contributed by atoms with Gasteiger partial charge in [-0.1, -0.05) is 6.42 Å². The van der Waals surface area contributed by atoms with E-state index in [9.17, 15) is 13.2 Å². The molecule has 1 aromatic rings. The first-order valence-corrected chi connectivity index (χ1v) is 7.91. The van der Waals surface area contributed by atoms with Crippen molar-refractivity contribution in [2.24, 2.45) is 12.8 Å². The topological polar surface area (TPSA) is 106 Å². The molecule has 0 saturated heterocycles. The van der Waals surface area contributed by atoms with Crippen molar-refractivity contribution in [3.05, 3.63) is 18.0 Å². The molecule has 0 aliphatic heterocycles. The SMILES string of the molecule is Cn1cc(S(=O)(=O)N(CCO)C2CCC2)cc1C(N)=O. The van der Waals surface area contributed by atoms with Crippen LogP contribution in [-0.2, 0) is 17.1 Å². The average molecular weight is 301 g/mol. The molecule has 1 aromatic heterocycles. The second-order valence-corrected chi connectivity index (χ2v) is 6.85. The quantitative estimate of drug-likeness (QED) is 0.749. The Labute approximate surface area is 118 Å². The molecule has 0 aromatic carbocycles. The van der Waals surface area contributed by atoms with Gasteiger partial charge in [0.15, 0.2) is 0 Å². The lowest BCUT2D eigenvalue weighted by molar-refractivity contribution is 0.0992. The largest absolute Gasteiger partial charge is 0.395 e. The molecular formula is C12H19N3O4S. The number of rotatable bonds is 6. The predicted octanol–water partition coefficient (Wildman–Crippen LogP) is -0.340. The van der Waals surface area contributed by atoms with Crippen LogP contribution >= 0.6 is 0 Å². The number of aromatic nitrogens is 1. The summed E-state index contributed by atoms with van der Waals surface area (Å²) >= 11 is 0. The van der Waals surface area contributed by atoms with Gasteiger partial charge in [-0.2, -0.15) is 4.31 Å². The van der Waals surface area contributed by atoms with E-state index in [4.69, 9.17) is 10.8 Å². The molecule has 0 radical (unpaired) electrons. The second kappa shape index (κ2) is 5.55. The summed E-state index contributed by atoms with van der Waals surface area (Å²) < 4.78 is 27.9. The molecular weight excluding hydrogens is 282 g/mol. The summed E-state index contributed by atoms with van der Waals surface area (Å²) in [6, 6.07) is 1.21. The zero-order valence-corrected chi connectivity index (χ0v) is 12.1. The van der Waals surface area contributed by atoms with Crippen molar-refractivity contribution in [1.29, 1.82) is 0 Å². The van der Waals surface area contributed by atoms with Crippen LogP contribution in [-0.4, -0.2) is 47.5 Å². The molecule has 7 nitrogen and oxygen atoms in total. The first kappa shape index (κ1) is 15.0. The van der Waals surface area contributed by atoms with E-state index in [1.54, 1.807) is 7.05 Å². The van der Waals surface area contributed by atoms with Gasteiger partial charge in [0.1, 0.15) is 10.6 Å². The van der Waals surface area contributed by atoms with Crippen LogP contribution in [0.5, 0.6) is 0 Å². The molecule has 20 heavy (non-hydrogen) atoms. The number of carbonyl (C=O) groups is 1. The number of nitrogens with zero attached hydrogens (tertiary/aromatic N) is 2. The number of amides is 1. The molecule has 1 aliphatic rings. The summed E-state index contributed by atoms with van der Waals surface area (Å²) in [5.74, 6) is -0.675. The molecule has 8 heteroatoms. The number of aryl methyl sites for hydroxylation is 1. The average Bonchev–Trinajstić information content (AvgIpc) is 2.69. The van der Waals surface area contributed by atoms with E-state index >= 15 is 0 Å². The number of nitrogens with two attached hydrogens (primary N) is 1. The van der Waals surface area contributed by atoms with Gasteiger partial charge in [0.2, 0.25) is 10.0 Å². The third kappa shape index (κ3) is 2.58. The predicted molar refractivity (Wildman–Crippen MR) is 72.5 cm³/mol. The van der Waals surface area contributed by atoms with Crippen LogP contribution in [0.15, 0.2) is 17.2 Å². The van der Waals surface area contributed by atoms with E-state index in [1.165, 1.54) is 21.1 Å². The van der Waals surface area contributed by atoms with Crippen molar-refractivity contribution in [1.82, 2.24) is 8.87 Å². The fraction of sp³-hybridized carbons (Fsp3) is 0.583. The van der Waals surface area contributed by atoms with Crippen LogP contribution in [0.4, 0.5) is 0 Å². The van der Waals surface area contributed by atoms with E-state index in [0.717, 1.165) is 19.3 Å². The van der Waals surface area contributed by atoms with Gasteiger partial charge in [-0.3, -0.25) is 4.79 Å². The molecule has 1 fully saturated rings. The van der Waals surface area contributed by atoms with E-state index in [2.05, 4.69) is 0 Å². The number of hydrogen-bond donors (Lipinski definition) is 2. The molecule has 0 unspecified atom stereocenters. The minimum Gasteiger partial charge on any atom is -0.395 e. The molecule has 3 N–H and O–H groups in total. The number of aliphatic hydroxyl groups excluding tert-OH is 1. The molecule has 112 valence electrons. The molecule has 1 aliphatic carbocycles. The molecule has 1 amide bonds. The maximum atomic E-state index is 12.6. The highest BCUT2D eigenvalue weighted by atomic mass is 32.2. The van der Waals surface area contributed by atoms with E-state index in [0.29, 0.717) is 0 Å². The number of aliphatic hydroxyl groups is 1. The third-order valence-corrected chi connectivity index (χ3v) is 5.56. The van der Waals surface area contributed by atoms with Crippen molar-refractivity contribution in [3.8, 4) is 0 Å². The van der Waals surface area contributed by atoms with Crippen LogP contribution in [0.25, 0.3) is 0 Å². The van der Waals surface area contributed by atoms with Crippen molar-refractivity contribution in [2.75, 3.05) is 13.2 Å². The van der Waals surface area contributed by atoms with Gasteiger partial charge in [-0.25, -0.2) is 8.42 Å². The van der Waals surface area contributed by atoms with Crippen LogP contribution in [0, 0.1) is 0 Å². The molecule has 0 spiro atoms. The van der Waals surface area contributed by atoms with E-state index in [1.807, 2.05) is 0 Å². The van der Waals surface area contributed by atoms with Crippen molar-refractivity contribution in [2.45, 2.75) is 30.2 Å². The van der Waals surface area contributed by atoms with Gasteiger partial charge in [-0.05, 0) is 18.9 Å². The molecule has 2 rings (SSSR count). The van der Waals surface area contributed by atoms with Gasteiger partial charge in [0, 0.05) is 25.8 Å². The summed E-state index contributed by atoms with van der Waals surface area (Å²) in [6.07, 6.45) is 3.96. The lowest BCUT2D eigenvalue weighted by Gasteiger charge is -2.35. The van der Waals surface area contributed by atoms with Crippen LogP contribution < -0.4 is 5.73 Å². The summed E-state index contributed by atoms with van der Waals surface area (Å²) in [6.45, 7) is -0.168. The summed E-state index contributed by atoms with van der Waals surface area (Å²) in [5.41, 5.74) is 5.33. The Morgan fingerprint density at radius 3 is 2.60 bits per heavy atom. The number of carbonyl (C=O) groups excluding carboxylic acids is 1. The summed E-state index contributed by atoms with van der Waals surface area (Å²) in [4.78, 5) is 11.2. The fourth-order valence-electron chi connectivity index (χ4n) is 2.33. The first-order valence-electron chi connectivity index (χ1n) is 6.47. The zero-order valence-electron chi connectivity index (χ0n) is 11.3. The van der Waals surface area contributed by atoms with Gasteiger partial charge >= 0.3 is 0 Å². The van der Waals surface area contributed by atoms with Crippen LogP contribution in [0.2, 0.25) is 0 Å². The Balaban J connectivity index is 2.36. The minimum absolute atomic E-state index is 0.0362. The maximum absolute atomic E-state index is 12.6. The minimum atomic E-state index is -3.71. The summed E-state index contributed by atoms with van der Waals surface area (Å²) in [7, 11) is -2.15. The third-order valence-electron chi connectivity index (χ3n) is 3.64. The number of primary amides is 1. The number of sulfonamides is 1. The Bertz CT molecular complexity index is 604. The lowest BCUT2D eigenvalue weighted by Crippen LogP contribution is -2.45. The van der Waals surface area contributed by atoms with Crippen molar-refractivity contribution >= 4 is 15.9 Å². The highest BCUT2D eigenvalue weighted by Gasteiger charge is 2.35. The first-order chi connectivity index (χ1) is 9.37. The van der Waals surface area contributed by atoms with Gasteiger partial charge in [0.25, 0.3) is 5.91 Å². The lowest BCUT2D eigenvalue weighted by atomic mass is 9.93. The fourth-order valence-corrected chi connectivity index (χ4v) is 4.08. The van der Waals surface area contributed by atoms with Crippen LogP contribution in [0.1, 0.15) is 29.8 Å². The highest BCUT2D eigenvalue weighted by Crippen LogP contribution is 2.30. The Hall–Kier alpha value is -1.38. The van der Waals surface area contributed by atoms with Gasteiger partial charge in [0.05, 0.1) is 6.61 Å².